The van der Waals surface area contributed by atoms with Crippen molar-refractivity contribution in [3.63, 3.8) is 0 Å². The second kappa shape index (κ2) is 38.5. The number of aromatic nitrogens is 6. The lowest BCUT2D eigenvalue weighted by Crippen LogP contribution is -2.59. The SMILES string of the molecule is COC(=O)[C@@H]1Cc2ccc(cc2)OCc2cn(nn2)[C@H]2C[C@@H](C(=O)C[C@@H](Cc3ccc4ccccc4c3)C(=O)C[C@H](C(=O)OC)c3ccc(cc3)Oc3cn(nn3)[C@H]3C[C@@H](C(=O)CC(Cc4ccc5ccccc5c4)C(=O)N1)N(C(=O)[C@@H](NC(=O)[C@H](C)N(C)C(=O)OC(C)(C)C)C(C)(C)C)C3)N(C(=O)[C@@H](NC(=O)[C@H](C)N(C)C(=O)OC(C)(C)C)C(C)(C)C)C2. The minimum atomic E-state index is -1.31. The fourth-order valence-corrected chi connectivity index (χ4v) is 15.7. The van der Waals surface area contributed by atoms with Gasteiger partial charge >= 0.3 is 24.1 Å². The number of carbonyl (C=O) groups is 12. The summed E-state index contributed by atoms with van der Waals surface area (Å²) in [5, 5.41) is 30.1. The van der Waals surface area contributed by atoms with Crippen LogP contribution in [0, 0.1) is 22.7 Å². The van der Waals surface area contributed by atoms with E-state index in [1.807, 2.05) is 84.9 Å². The Morgan fingerprint density at radius 2 is 0.976 bits per heavy atom. The lowest BCUT2D eigenvalue weighted by molar-refractivity contribution is -0.146. The topological polar surface area (TPSA) is 371 Å². The van der Waals surface area contributed by atoms with Crippen molar-refractivity contribution in [1.29, 1.82) is 0 Å². The molecule has 1 unspecified atom stereocenters. The first-order valence-corrected chi connectivity index (χ1v) is 41.9. The minimum absolute atomic E-state index is 0.000200. The van der Waals surface area contributed by atoms with Crippen LogP contribution in [0.5, 0.6) is 17.4 Å². The van der Waals surface area contributed by atoms with Gasteiger partial charge in [0, 0.05) is 64.7 Å². The molecule has 6 aromatic carbocycles. The Morgan fingerprint density at radius 3 is 1.45 bits per heavy atom. The van der Waals surface area contributed by atoms with Crippen LogP contribution in [0.3, 0.4) is 0 Å². The molecule has 8 aromatic rings. The van der Waals surface area contributed by atoms with Gasteiger partial charge in [-0.05, 0) is 160 Å². The highest BCUT2D eigenvalue weighted by Gasteiger charge is 2.50. The monoisotopic (exact) mass is 1700 g/mol. The van der Waals surface area contributed by atoms with E-state index in [1.54, 1.807) is 142 Å². The molecule has 6 aliphatic rings. The van der Waals surface area contributed by atoms with E-state index in [9.17, 15) is 28.8 Å². The molecular weight excluding hydrogens is 1590 g/mol. The molecule has 660 valence electrons. The molecule has 0 saturated carbocycles. The minimum Gasteiger partial charge on any atom is -0.487 e. The Morgan fingerprint density at radius 1 is 0.524 bits per heavy atom. The molecule has 0 aliphatic carbocycles. The highest BCUT2D eigenvalue weighted by Crippen LogP contribution is 2.38. The molecule has 2 fully saturated rings. The number of rotatable bonds is 14. The average molecular weight is 1700 g/mol. The first-order valence-electron chi connectivity index (χ1n) is 41.9. The van der Waals surface area contributed by atoms with Gasteiger partial charge in [0.1, 0.15) is 71.0 Å². The van der Waals surface area contributed by atoms with Crippen molar-refractivity contribution in [2.45, 2.75) is 226 Å². The van der Waals surface area contributed by atoms with Crippen molar-refractivity contribution in [2.24, 2.45) is 22.7 Å². The number of ketones is 3. The average Bonchev–Trinajstić information content (AvgIpc) is 1.63. The van der Waals surface area contributed by atoms with Gasteiger partial charge in [-0.3, -0.25) is 53.0 Å². The summed E-state index contributed by atoms with van der Waals surface area (Å²) in [5.41, 5.74) is -1.12. The Kier molecular flexibility index (Phi) is 28.7. The van der Waals surface area contributed by atoms with E-state index in [4.69, 9.17) is 28.4 Å². The third kappa shape index (κ3) is 23.1. The van der Waals surface area contributed by atoms with Gasteiger partial charge in [-0.2, -0.15) is 0 Å². The summed E-state index contributed by atoms with van der Waals surface area (Å²) in [6.07, 6.45) is 0.166. The van der Waals surface area contributed by atoms with E-state index >= 15 is 28.8 Å². The van der Waals surface area contributed by atoms with Crippen LogP contribution in [0.15, 0.2) is 146 Å². The molecule has 3 N–H and O–H groups in total. The molecule has 14 rings (SSSR count). The van der Waals surface area contributed by atoms with Gasteiger partial charge in [0.2, 0.25) is 29.5 Å². The molecule has 7 amide bonds. The molecule has 31 nitrogen and oxygen atoms in total. The molecule has 124 heavy (non-hydrogen) atoms. The number of fused-ring (bicyclic) bond motifs is 2. The van der Waals surface area contributed by atoms with Crippen LogP contribution in [0.1, 0.15) is 175 Å². The molecule has 0 radical (unpaired) electrons. The third-order valence-corrected chi connectivity index (χ3v) is 23.0. The van der Waals surface area contributed by atoms with Crippen LogP contribution in [0.25, 0.3) is 21.5 Å². The summed E-state index contributed by atoms with van der Waals surface area (Å²) >= 11 is 0. The number of hydrogen-bond acceptors (Lipinski definition) is 22. The number of benzene rings is 6. The van der Waals surface area contributed by atoms with Crippen molar-refractivity contribution in [3.05, 3.63) is 174 Å². The molecule has 0 spiro atoms. The molecule has 6 aliphatic heterocycles. The maximum Gasteiger partial charge on any atom is 0.410 e. The Bertz CT molecular complexity index is 5270. The predicted octanol–water partition coefficient (Wildman–Crippen LogP) is 11.2. The standard InChI is InChI=1S/C93H115N13O18/c1-54(101(15)88(117)123-92(9,10)11)81(110)95-79(90(3,4)5)84(113)103-50-67-46-73(103)76(108)44-64(41-57-27-31-59-23-19-21-25-62(59)39-57)75(107)48-71(86(115)119-17)61-33-37-70(38-34-61)122-78-52-106(100-98-78)68-47-74(104(51-68)85(114)80(91(6,7)8)96-82(111)55(2)102(16)89(118)124-93(12,13)14)77(109)45-65(42-58-28-32-60-24-20-22-26-63(60)40-58)83(112)94-72(87(116)120-18)43-56-29-35-69(36-30-56)121-53-66-49-105(67)99-97-66/h19-40,49,52,54-55,64-65,67-68,71-74,79-80H,41-48,50-51,53H2,1-18H3,(H,94,112)(H,95,110)(H,96,111)/t54-,55-,64+,65?,67-,68-,71-,72-,73-,74-,79+,80+/m0/s1. The maximum atomic E-state index is 15.8. The molecule has 31 heteroatoms. The van der Waals surface area contributed by atoms with Gasteiger partial charge in [0.15, 0.2) is 11.6 Å². The predicted molar refractivity (Wildman–Crippen MR) is 459 cm³/mol. The third-order valence-electron chi connectivity index (χ3n) is 23.0. The first kappa shape index (κ1) is 92.3. The highest BCUT2D eigenvalue weighted by atomic mass is 16.6. The lowest BCUT2D eigenvalue weighted by Gasteiger charge is -2.37. The van der Waals surface area contributed by atoms with E-state index < -0.39 is 184 Å². The van der Waals surface area contributed by atoms with Gasteiger partial charge in [0.05, 0.1) is 56.7 Å². The van der Waals surface area contributed by atoms with Gasteiger partial charge in [-0.25, -0.2) is 23.7 Å². The number of Topliss-reactive ketones (excluding diaryl/α,β-unsaturated/α-hetero) is 3. The molecule has 2 aromatic heterocycles. The van der Waals surface area contributed by atoms with Crippen LogP contribution in [-0.2, 0) is 92.8 Å². The van der Waals surface area contributed by atoms with E-state index in [1.165, 1.54) is 62.8 Å². The second-order valence-electron chi connectivity index (χ2n) is 36.8. The number of nitrogens with one attached hydrogen (secondary N) is 3. The lowest BCUT2D eigenvalue weighted by atomic mass is 9.82. The maximum absolute atomic E-state index is 15.8. The number of likely N-dealkylation sites (tertiary alicyclic amines) is 2. The van der Waals surface area contributed by atoms with E-state index in [-0.39, 0.29) is 63.4 Å². The summed E-state index contributed by atoms with van der Waals surface area (Å²) in [6.45, 7) is 23.3. The fourth-order valence-electron chi connectivity index (χ4n) is 15.7. The van der Waals surface area contributed by atoms with Crippen LogP contribution < -0.4 is 25.4 Å². The molecule has 12 atom stereocenters. The number of likely N-dealkylation sites (N-methyl/N-ethyl adjacent to an activating group) is 2. The van der Waals surface area contributed by atoms with E-state index in [2.05, 4.69) is 36.6 Å². The quantitative estimate of drug-likeness (QED) is 0.0672. The summed E-state index contributed by atoms with van der Waals surface area (Å²) < 4.78 is 37.5. The van der Waals surface area contributed by atoms with Gasteiger partial charge in [-0.15, -0.1) is 5.10 Å². The Hall–Kier alpha value is -12.4. The van der Waals surface area contributed by atoms with Crippen molar-refractivity contribution >= 4 is 92.6 Å². The van der Waals surface area contributed by atoms with Crippen LogP contribution in [0.2, 0.25) is 0 Å². The number of carbonyl (C=O) groups excluding carboxylic acids is 12. The number of ether oxygens (including phenoxy) is 6. The zero-order valence-corrected chi connectivity index (χ0v) is 73.9. The van der Waals surface area contributed by atoms with Gasteiger partial charge in [0.25, 0.3) is 5.88 Å². The number of amides is 7. The largest absolute Gasteiger partial charge is 0.487 e. The summed E-state index contributed by atoms with van der Waals surface area (Å²) in [6, 6.07) is 29.7. The second-order valence-corrected chi connectivity index (χ2v) is 36.8. The zero-order chi connectivity index (χ0) is 90.2. The highest BCUT2D eigenvalue weighted by molar-refractivity contribution is 6.00. The number of hydrogen-bond donors (Lipinski definition) is 3. The van der Waals surface area contributed by atoms with E-state index in [0.717, 1.165) is 31.3 Å². The molecule has 8 heterocycles. The van der Waals surface area contributed by atoms with Gasteiger partial charge in [-0.1, -0.05) is 166 Å². The molecule has 2 saturated heterocycles. The number of nitrogens with zero attached hydrogens (tertiary/aromatic N) is 10. The van der Waals surface area contributed by atoms with Crippen molar-refractivity contribution in [1.82, 2.24) is 65.5 Å². The van der Waals surface area contributed by atoms with Crippen molar-refractivity contribution in [2.75, 3.05) is 41.4 Å². The van der Waals surface area contributed by atoms with Crippen LogP contribution in [0.4, 0.5) is 9.59 Å². The summed E-state index contributed by atoms with van der Waals surface area (Å²) in [7, 11) is 5.22. The van der Waals surface area contributed by atoms with Crippen molar-refractivity contribution in [3.8, 4) is 17.4 Å². The van der Waals surface area contributed by atoms with Crippen LogP contribution >= 0.6 is 0 Å². The molecule has 12 bridgehead atoms. The first-order chi connectivity index (χ1) is 58.4. The fraction of sp³-hybridized carbons (Fsp3) is 0.484. The normalized spacial score (nSPS) is 20.6. The number of esters is 2. The van der Waals surface area contributed by atoms with Gasteiger partial charge < -0.3 is 54.2 Å². The van der Waals surface area contributed by atoms with E-state index in [0.29, 0.717) is 33.7 Å². The Balaban J connectivity index is 0.960. The summed E-state index contributed by atoms with van der Waals surface area (Å²) in [5.74, 6) is -9.24. The van der Waals surface area contributed by atoms with Crippen LogP contribution in [-0.4, -0.2) is 215 Å². The number of methoxy groups -OCH3 is 2. The summed E-state index contributed by atoms with van der Waals surface area (Å²) in [4.78, 5) is 182. The Labute approximate surface area is 722 Å². The zero-order valence-electron chi connectivity index (χ0n) is 73.9. The molecular formula is C93H115N13O18. The smallest absolute Gasteiger partial charge is 0.410 e. The van der Waals surface area contributed by atoms with Crippen molar-refractivity contribution < 1.29 is 86.0 Å².